The molecule has 0 heterocycles. The van der Waals surface area contributed by atoms with E-state index in [9.17, 15) is 17.6 Å². The van der Waals surface area contributed by atoms with Gasteiger partial charge in [0, 0.05) is 11.1 Å². The van der Waals surface area contributed by atoms with Gasteiger partial charge < -0.3 is 9.47 Å². The molecule has 4 rings (SSSR count). The number of aryl methyl sites for hydroxylation is 2. The summed E-state index contributed by atoms with van der Waals surface area (Å²) in [5.74, 6) is -4.17. The number of benzene rings is 4. The molecular formula is C35H36F4O2. The molecule has 0 amide bonds. The number of hydrogen-bond donors (Lipinski definition) is 0. The normalized spacial score (nSPS) is 11.1. The van der Waals surface area contributed by atoms with Gasteiger partial charge in [0.05, 0.1) is 13.2 Å². The number of halogens is 4. The molecule has 0 fully saturated rings. The predicted molar refractivity (Wildman–Crippen MR) is 156 cm³/mol. The maximum absolute atomic E-state index is 14.7. The van der Waals surface area contributed by atoms with Crippen molar-refractivity contribution in [1.82, 2.24) is 0 Å². The summed E-state index contributed by atoms with van der Waals surface area (Å²) in [7, 11) is 0. The largest absolute Gasteiger partial charge is 0.490 e. The van der Waals surface area contributed by atoms with Crippen molar-refractivity contribution in [2.24, 2.45) is 0 Å². The molecule has 0 bridgehead atoms. The van der Waals surface area contributed by atoms with Gasteiger partial charge in [0.2, 0.25) is 11.6 Å². The molecule has 0 saturated carbocycles. The molecule has 6 heteroatoms. The van der Waals surface area contributed by atoms with Crippen molar-refractivity contribution < 1.29 is 27.0 Å². The first-order valence-corrected chi connectivity index (χ1v) is 14.3. The highest BCUT2D eigenvalue weighted by atomic mass is 19.2. The lowest BCUT2D eigenvalue weighted by Crippen LogP contribution is -2.04. The van der Waals surface area contributed by atoms with Gasteiger partial charge in [0.25, 0.3) is 0 Å². The highest BCUT2D eigenvalue weighted by molar-refractivity contribution is 5.66. The van der Waals surface area contributed by atoms with Gasteiger partial charge in [-0.05, 0) is 78.6 Å². The van der Waals surface area contributed by atoms with E-state index in [0.29, 0.717) is 30.4 Å². The van der Waals surface area contributed by atoms with E-state index in [2.05, 4.69) is 13.8 Å². The van der Waals surface area contributed by atoms with Crippen LogP contribution >= 0.6 is 0 Å². The molecule has 216 valence electrons. The molecular weight excluding hydrogens is 528 g/mol. The highest BCUT2D eigenvalue weighted by Crippen LogP contribution is 2.32. The SMILES string of the molecule is CCCc1ccc(-c2ccc(OCCCCCOc3ccc(-c4ccc(CCC)cc4)c(F)c3F)c(F)c2F)cc1. The lowest BCUT2D eigenvalue weighted by atomic mass is 10.0. The highest BCUT2D eigenvalue weighted by Gasteiger charge is 2.17. The maximum Gasteiger partial charge on any atom is 0.201 e. The Morgan fingerprint density at radius 2 is 0.854 bits per heavy atom. The summed E-state index contributed by atoms with van der Waals surface area (Å²) >= 11 is 0. The van der Waals surface area contributed by atoms with Crippen molar-refractivity contribution in [3.8, 4) is 33.8 Å². The van der Waals surface area contributed by atoms with Crippen molar-refractivity contribution in [2.75, 3.05) is 13.2 Å². The van der Waals surface area contributed by atoms with Gasteiger partial charge in [-0.25, -0.2) is 8.78 Å². The van der Waals surface area contributed by atoms with Gasteiger partial charge in [0.1, 0.15) is 0 Å². The molecule has 0 aliphatic carbocycles. The summed E-state index contributed by atoms with van der Waals surface area (Å²) in [5.41, 5.74) is 3.91. The van der Waals surface area contributed by atoms with E-state index < -0.39 is 23.3 Å². The quantitative estimate of drug-likeness (QED) is 0.112. The summed E-state index contributed by atoms with van der Waals surface area (Å²) in [6.07, 6.45) is 5.69. The summed E-state index contributed by atoms with van der Waals surface area (Å²) in [5, 5.41) is 0. The van der Waals surface area contributed by atoms with E-state index in [1.807, 2.05) is 24.3 Å². The Balaban J connectivity index is 1.22. The topological polar surface area (TPSA) is 18.5 Å². The van der Waals surface area contributed by atoms with E-state index in [1.54, 1.807) is 24.3 Å². The molecule has 0 N–H and O–H groups in total. The average Bonchev–Trinajstić information content (AvgIpc) is 2.98. The van der Waals surface area contributed by atoms with Crippen molar-refractivity contribution in [2.45, 2.75) is 58.8 Å². The first-order chi connectivity index (χ1) is 19.9. The third-order valence-electron chi connectivity index (χ3n) is 7.00. The molecule has 0 unspecified atom stereocenters. The molecule has 2 nitrogen and oxygen atoms in total. The molecule has 0 radical (unpaired) electrons. The first-order valence-electron chi connectivity index (χ1n) is 14.3. The van der Waals surface area contributed by atoms with E-state index >= 15 is 0 Å². The number of rotatable bonds is 14. The number of unbranched alkanes of at least 4 members (excludes halogenated alkanes) is 2. The van der Waals surface area contributed by atoms with Crippen LogP contribution in [0.15, 0.2) is 72.8 Å². The molecule has 0 spiro atoms. The lowest BCUT2D eigenvalue weighted by Gasteiger charge is -2.12. The van der Waals surface area contributed by atoms with Gasteiger partial charge in [-0.15, -0.1) is 0 Å². The van der Waals surface area contributed by atoms with Gasteiger partial charge in [-0.3, -0.25) is 0 Å². The van der Waals surface area contributed by atoms with Crippen LogP contribution in [0.2, 0.25) is 0 Å². The maximum atomic E-state index is 14.7. The van der Waals surface area contributed by atoms with E-state index in [-0.39, 0.29) is 35.8 Å². The minimum absolute atomic E-state index is 0.136. The fraction of sp³-hybridized carbons (Fsp3) is 0.314. The minimum Gasteiger partial charge on any atom is -0.490 e. The van der Waals surface area contributed by atoms with E-state index in [1.165, 1.54) is 24.3 Å². The minimum atomic E-state index is -1.01. The van der Waals surface area contributed by atoms with E-state index in [0.717, 1.165) is 36.8 Å². The Labute approximate surface area is 240 Å². The zero-order chi connectivity index (χ0) is 29.2. The van der Waals surface area contributed by atoms with Gasteiger partial charge in [-0.1, -0.05) is 75.2 Å². The second-order valence-electron chi connectivity index (χ2n) is 10.1. The second-order valence-corrected chi connectivity index (χ2v) is 10.1. The third-order valence-corrected chi connectivity index (χ3v) is 7.00. The smallest absolute Gasteiger partial charge is 0.201 e. The van der Waals surface area contributed by atoms with Crippen LogP contribution in [0, 0.1) is 23.3 Å². The van der Waals surface area contributed by atoms with Gasteiger partial charge in [0.15, 0.2) is 23.1 Å². The number of ether oxygens (including phenoxy) is 2. The number of hydrogen-bond acceptors (Lipinski definition) is 2. The zero-order valence-electron chi connectivity index (χ0n) is 23.6. The molecule has 4 aromatic carbocycles. The van der Waals surface area contributed by atoms with Crippen LogP contribution in [0.5, 0.6) is 11.5 Å². The van der Waals surface area contributed by atoms with Crippen LogP contribution in [0.1, 0.15) is 57.1 Å². The van der Waals surface area contributed by atoms with Gasteiger partial charge in [-0.2, -0.15) is 8.78 Å². The zero-order valence-corrected chi connectivity index (χ0v) is 23.6. The third kappa shape index (κ3) is 7.69. The lowest BCUT2D eigenvalue weighted by molar-refractivity contribution is 0.263. The van der Waals surface area contributed by atoms with Crippen LogP contribution < -0.4 is 9.47 Å². The summed E-state index contributed by atoms with van der Waals surface area (Å²) in [6.45, 7) is 4.56. The molecule has 0 aromatic heterocycles. The summed E-state index contributed by atoms with van der Waals surface area (Å²) in [4.78, 5) is 0. The fourth-order valence-corrected chi connectivity index (χ4v) is 4.76. The van der Waals surface area contributed by atoms with Crippen LogP contribution in [0.4, 0.5) is 17.6 Å². The Morgan fingerprint density at radius 1 is 0.463 bits per heavy atom. The Hall–Kier alpha value is -3.80. The van der Waals surface area contributed by atoms with Gasteiger partial charge >= 0.3 is 0 Å². The van der Waals surface area contributed by atoms with Crippen molar-refractivity contribution in [1.29, 1.82) is 0 Å². The van der Waals surface area contributed by atoms with Crippen molar-refractivity contribution in [3.05, 3.63) is 107 Å². The second kappa shape index (κ2) is 14.7. The fourth-order valence-electron chi connectivity index (χ4n) is 4.76. The molecule has 0 saturated heterocycles. The monoisotopic (exact) mass is 564 g/mol. The van der Waals surface area contributed by atoms with Crippen LogP contribution in [0.25, 0.3) is 22.3 Å². The average molecular weight is 565 g/mol. The molecule has 0 aliphatic heterocycles. The first kappa shape index (κ1) is 30.2. The molecule has 0 atom stereocenters. The molecule has 4 aromatic rings. The summed E-state index contributed by atoms with van der Waals surface area (Å²) in [6, 6.07) is 20.8. The van der Waals surface area contributed by atoms with Crippen LogP contribution in [-0.4, -0.2) is 13.2 Å². The summed E-state index contributed by atoms with van der Waals surface area (Å²) < 4.78 is 69.7. The standard InChI is InChI=1S/C35H36F4O2/c1-3-8-24-10-14-26(15-11-24)28-18-20-30(34(38)32(28)36)40-22-6-5-7-23-41-31-21-19-29(33(37)35(31)39)27-16-12-25(9-4-2)13-17-27/h10-21H,3-9,22-23H2,1-2H3. The Bertz CT molecular complexity index is 1310. The predicted octanol–water partition coefficient (Wildman–Crippen LogP) is 10.1. The van der Waals surface area contributed by atoms with E-state index in [4.69, 9.17) is 9.47 Å². The Morgan fingerprint density at radius 3 is 1.22 bits per heavy atom. The van der Waals surface area contributed by atoms with Crippen molar-refractivity contribution >= 4 is 0 Å². The Kier molecular flexibility index (Phi) is 10.8. The van der Waals surface area contributed by atoms with Crippen LogP contribution in [0.3, 0.4) is 0 Å². The van der Waals surface area contributed by atoms with Crippen molar-refractivity contribution in [3.63, 3.8) is 0 Å². The molecule has 0 aliphatic rings. The van der Waals surface area contributed by atoms with Crippen LogP contribution in [-0.2, 0) is 12.8 Å². The molecule has 41 heavy (non-hydrogen) atoms.